The molecule has 1 aromatic carbocycles. The third-order valence-electron chi connectivity index (χ3n) is 3.22. The molecular formula is C13H16N2. The van der Waals surface area contributed by atoms with Crippen LogP contribution < -0.4 is 11.3 Å². The molecule has 1 aliphatic carbocycles. The minimum atomic E-state index is -0.00152. The molecule has 0 aromatic heterocycles. The lowest BCUT2D eigenvalue weighted by Crippen LogP contribution is -2.41. The van der Waals surface area contributed by atoms with Gasteiger partial charge in [-0.25, -0.2) is 5.43 Å². The molecule has 0 aliphatic heterocycles. The first-order chi connectivity index (χ1) is 7.35. The van der Waals surface area contributed by atoms with E-state index < -0.39 is 0 Å². The lowest BCUT2D eigenvalue weighted by Gasteiger charge is -2.28. The average molecular weight is 200 g/mol. The zero-order valence-electron chi connectivity index (χ0n) is 8.74. The fourth-order valence-corrected chi connectivity index (χ4v) is 2.33. The van der Waals surface area contributed by atoms with E-state index in [2.05, 4.69) is 35.6 Å². The van der Waals surface area contributed by atoms with Crippen LogP contribution in [0.15, 0.2) is 24.3 Å². The summed E-state index contributed by atoms with van der Waals surface area (Å²) >= 11 is 0. The van der Waals surface area contributed by atoms with E-state index >= 15 is 0 Å². The van der Waals surface area contributed by atoms with E-state index in [9.17, 15) is 0 Å². The average Bonchev–Trinajstić information content (AvgIpc) is 2.30. The molecule has 78 valence electrons. The molecular weight excluding hydrogens is 184 g/mol. The van der Waals surface area contributed by atoms with E-state index in [-0.39, 0.29) is 6.04 Å². The number of rotatable bonds is 2. The van der Waals surface area contributed by atoms with E-state index in [0.29, 0.717) is 5.92 Å². The van der Waals surface area contributed by atoms with Gasteiger partial charge >= 0.3 is 0 Å². The van der Waals surface area contributed by atoms with Gasteiger partial charge < -0.3 is 0 Å². The Balaban J connectivity index is 2.15. The Bertz CT molecular complexity index is 378. The van der Waals surface area contributed by atoms with Gasteiger partial charge in [0.05, 0.1) is 6.04 Å². The summed E-state index contributed by atoms with van der Waals surface area (Å²) in [5.74, 6) is 8.63. The van der Waals surface area contributed by atoms with Gasteiger partial charge in [-0.05, 0) is 36.3 Å². The smallest absolute Gasteiger partial charge is 0.0846 e. The van der Waals surface area contributed by atoms with Gasteiger partial charge in [-0.1, -0.05) is 30.2 Å². The van der Waals surface area contributed by atoms with Gasteiger partial charge in [-0.2, -0.15) is 0 Å². The van der Waals surface area contributed by atoms with Crippen molar-refractivity contribution in [3.05, 3.63) is 35.4 Å². The molecule has 2 atom stereocenters. The molecule has 15 heavy (non-hydrogen) atoms. The van der Waals surface area contributed by atoms with Crippen LogP contribution in [0.2, 0.25) is 0 Å². The SMILES string of the molecule is C#CC(NN)C1CCc2ccccc2C1. The van der Waals surface area contributed by atoms with Crippen molar-refractivity contribution in [2.75, 3.05) is 0 Å². The van der Waals surface area contributed by atoms with Gasteiger partial charge in [0.2, 0.25) is 0 Å². The van der Waals surface area contributed by atoms with Gasteiger partial charge in [0, 0.05) is 0 Å². The molecule has 0 amide bonds. The third-order valence-corrected chi connectivity index (χ3v) is 3.22. The highest BCUT2D eigenvalue weighted by atomic mass is 15.2. The van der Waals surface area contributed by atoms with Crippen LogP contribution in [0.3, 0.4) is 0 Å². The molecule has 2 rings (SSSR count). The van der Waals surface area contributed by atoms with Crippen molar-refractivity contribution in [1.29, 1.82) is 0 Å². The molecule has 0 heterocycles. The Kier molecular flexibility index (Phi) is 3.05. The molecule has 2 unspecified atom stereocenters. The number of benzene rings is 1. The largest absolute Gasteiger partial charge is 0.270 e. The van der Waals surface area contributed by atoms with Crippen molar-refractivity contribution < 1.29 is 0 Å². The van der Waals surface area contributed by atoms with Crippen LogP contribution in [-0.4, -0.2) is 6.04 Å². The summed E-state index contributed by atoms with van der Waals surface area (Å²) < 4.78 is 0. The number of fused-ring (bicyclic) bond motifs is 1. The maximum Gasteiger partial charge on any atom is 0.0846 e. The lowest BCUT2D eigenvalue weighted by atomic mass is 9.80. The maximum atomic E-state index is 5.44. The number of nitrogens with one attached hydrogen (secondary N) is 1. The molecule has 1 aromatic rings. The van der Waals surface area contributed by atoms with Gasteiger partial charge in [-0.3, -0.25) is 5.84 Å². The predicted octanol–water partition coefficient (Wildman–Crippen LogP) is 1.26. The first-order valence-electron chi connectivity index (χ1n) is 5.34. The summed E-state index contributed by atoms with van der Waals surface area (Å²) in [7, 11) is 0. The first-order valence-corrected chi connectivity index (χ1v) is 5.34. The van der Waals surface area contributed by atoms with Crippen molar-refractivity contribution in [2.24, 2.45) is 11.8 Å². The second kappa shape index (κ2) is 4.48. The Morgan fingerprint density at radius 2 is 2.13 bits per heavy atom. The molecule has 0 bridgehead atoms. The number of nitrogens with two attached hydrogens (primary N) is 1. The molecule has 0 radical (unpaired) electrons. The first kappa shape index (κ1) is 10.2. The van der Waals surface area contributed by atoms with Gasteiger partial charge in [0.25, 0.3) is 0 Å². The summed E-state index contributed by atoms with van der Waals surface area (Å²) in [6, 6.07) is 8.57. The fraction of sp³-hybridized carbons (Fsp3) is 0.385. The molecule has 3 N–H and O–H groups in total. The zero-order chi connectivity index (χ0) is 10.7. The Morgan fingerprint density at radius 1 is 1.40 bits per heavy atom. The van der Waals surface area contributed by atoms with E-state index in [0.717, 1.165) is 19.3 Å². The van der Waals surface area contributed by atoms with Crippen molar-refractivity contribution in [3.8, 4) is 12.3 Å². The number of hydrazine groups is 1. The Labute approximate surface area is 90.8 Å². The number of hydrogen-bond donors (Lipinski definition) is 2. The van der Waals surface area contributed by atoms with E-state index in [4.69, 9.17) is 12.3 Å². The Morgan fingerprint density at radius 3 is 2.80 bits per heavy atom. The maximum absolute atomic E-state index is 5.44. The standard InChI is InChI=1S/C13H16N2/c1-2-13(15-14)12-8-7-10-5-3-4-6-11(10)9-12/h1,3-6,12-13,15H,7-9,14H2. The zero-order valence-corrected chi connectivity index (χ0v) is 8.74. The minimum Gasteiger partial charge on any atom is -0.270 e. The topological polar surface area (TPSA) is 38.0 Å². The van der Waals surface area contributed by atoms with Gasteiger partial charge in [-0.15, -0.1) is 6.42 Å². The van der Waals surface area contributed by atoms with Crippen molar-refractivity contribution >= 4 is 0 Å². The molecule has 0 fully saturated rings. The second-order valence-corrected chi connectivity index (χ2v) is 4.08. The minimum absolute atomic E-state index is 0.00152. The summed E-state index contributed by atoms with van der Waals surface area (Å²) in [6.07, 6.45) is 8.71. The monoisotopic (exact) mass is 200 g/mol. The fourth-order valence-electron chi connectivity index (χ4n) is 2.33. The predicted molar refractivity (Wildman–Crippen MR) is 61.9 cm³/mol. The van der Waals surface area contributed by atoms with E-state index in [1.54, 1.807) is 0 Å². The highest BCUT2D eigenvalue weighted by molar-refractivity contribution is 5.30. The van der Waals surface area contributed by atoms with Gasteiger partial charge in [0.15, 0.2) is 0 Å². The molecule has 1 aliphatic rings. The molecule has 0 saturated carbocycles. The summed E-state index contributed by atoms with van der Waals surface area (Å²) in [5.41, 5.74) is 5.60. The van der Waals surface area contributed by atoms with E-state index in [1.165, 1.54) is 11.1 Å². The highest BCUT2D eigenvalue weighted by Crippen LogP contribution is 2.27. The van der Waals surface area contributed by atoms with Crippen LogP contribution in [0.25, 0.3) is 0 Å². The Hall–Kier alpha value is -1.30. The van der Waals surface area contributed by atoms with Crippen LogP contribution in [0.5, 0.6) is 0 Å². The second-order valence-electron chi connectivity index (χ2n) is 4.08. The summed E-state index contributed by atoms with van der Waals surface area (Å²) in [4.78, 5) is 0. The number of hydrogen-bond acceptors (Lipinski definition) is 2. The molecule has 2 heteroatoms. The quantitative estimate of drug-likeness (QED) is 0.428. The van der Waals surface area contributed by atoms with Crippen LogP contribution in [0.1, 0.15) is 17.5 Å². The van der Waals surface area contributed by atoms with Crippen LogP contribution in [-0.2, 0) is 12.8 Å². The highest BCUT2D eigenvalue weighted by Gasteiger charge is 2.23. The van der Waals surface area contributed by atoms with Crippen molar-refractivity contribution in [3.63, 3.8) is 0 Å². The van der Waals surface area contributed by atoms with Crippen LogP contribution >= 0.6 is 0 Å². The van der Waals surface area contributed by atoms with Crippen LogP contribution in [0, 0.1) is 18.3 Å². The summed E-state index contributed by atoms with van der Waals surface area (Å²) in [6.45, 7) is 0. The number of terminal acetylenes is 1. The van der Waals surface area contributed by atoms with E-state index in [1.807, 2.05) is 0 Å². The molecule has 2 nitrogen and oxygen atoms in total. The lowest BCUT2D eigenvalue weighted by molar-refractivity contribution is 0.377. The van der Waals surface area contributed by atoms with Gasteiger partial charge in [0.1, 0.15) is 0 Å². The normalized spacial score (nSPS) is 21.5. The van der Waals surface area contributed by atoms with Crippen molar-refractivity contribution in [1.82, 2.24) is 5.43 Å². The molecule has 0 saturated heterocycles. The number of aryl methyl sites for hydroxylation is 1. The van der Waals surface area contributed by atoms with Crippen LogP contribution in [0.4, 0.5) is 0 Å². The molecule has 0 spiro atoms. The summed E-state index contributed by atoms with van der Waals surface area (Å²) in [5, 5.41) is 0. The van der Waals surface area contributed by atoms with Crippen molar-refractivity contribution in [2.45, 2.75) is 25.3 Å². The third kappa shape index (κ3) is 2.04.